The number of carbonyl (C=O) groups excluding carboxylic acids is 2. The minimum absolute atomic E-state index is 0.100. The molecule has 0 aliphatic carbocycles. The number of methoxy groups -OCH3 is 2. The van der Waals surface area contributed by atoms with Gasteiger partial charge in [0.05, 0.1) is 26.5 Å². The van der Waals surface area contributed by atoms with Crippen molar-refractivity contribution in [2.75, 3.05) is 37.2 Å². The molecule has 0 N–H and O–H groups in total. The number of benzene rings is 1. The number of aromatic nitrogens is 1. The number of hydrogen-bond donors (Lipinski definition) is 0. The average molecular weight is 488 g/mol. The first-order chi connectivity index (χ1) is 16.9. The van der Waals surface area contributed by atoms with Gasteiger partial charge < -0.3 is 14.2 Å². The molecule has 0 spiro atoms. The number of allylic oxidation sites excluding steroid dienone is 1. The highest BCUT2D eigenvalue weighted by atomic mass is 19.1. The molecule has 1 aromatic heterocycles. The molecule has 2 aromatic rings. The Bertz CT molecular complexity index is 1120. The molecule has 0 unspecified atom stereocenters. The Balaban J connectivity index is 1.80. The van der Waals surface area contributed by atoms with Crippen LogP contribution in [0.1, 0.15) is 30.5 Å². The Morgan fingerprint density at radius 3 is 2.46 bits per heavy atom. The lowest BCUT2D eigenvalue weighted by atomic mass is 10.0. The Morgan fingerprint density at radius 2 is 1.86 bits per heavy atom. The van der Waals surface area contributed by atoms with Crippen LogP contribution in [-0.2, 0) is 22.5 Å². The van der Waals surface area contributed by atoms with E-state index in [1.165, 1.54) is 20.3 Å². The van der Waals surface area contributed by atoms with Crippen LogP contribution in [0.15, 0.2) is 31.0 Å². The summed E-state index contributed by atoms with van der Waals surface area (Å²) >= 11 is 0. The fourth-order valence-corrected chi connectivity index (χ4v) is 4.40. The minimum Gasteiger partial charge on any atom is -0.493 e. The van der Waals surface area contributed by atoms with E-state index in [9.17, 15) is 9.59 Å². The topological polar surface area (TPSA) is 81.2 Å². The van der Waals surface area contributed by atoms with Gasteiger partial charge in [-0.05, 0) is 31.4 Å². The molecule has 0 atom stereocenters. The van der Waals surface area contributed by atoms with E-state index in [1.807, 2.05) is 0 Å². The Kier molecular flexibility index (Phi) is 7.30. The summed E-state index contributed by atoms with van der Waals surface area (Å²) in [7, 11) is 2.51. The number of rotatable bonds is 8. The monoisotopic (exact) mass is 487 g/mol. The fraction of sp³-hybridized carbons (Fsp3) is 0.400. The fourth-order valence-electron chi connectivity index (χ4n) is 4.40. The number of ketones is 1. The maximum absolute atomic E-state index is 15.3. The second-order valence-corrected chi connectivity index (χ2v) is 8.31. The number of hydrogen-bond acceptors (Lipinski definition) is 6. The van der Waals surface area contributed by atoms with Gasteiger partial charge in [0.25, 0.3) is 0 Å². The molecule has 1 saturated heterocycles. The average Bonchev–Trinajstić information content (AvgIpc) is 2.88. The van der Waals surface area contributed by atoms with E-state index in [4.69, 9.17) is 14.2 Å². The third kappa shape index (κ3) is 4.70. The van der Waals surface area contributed by atoms with Crippen molar-refractivity contribution in [3.8, 4) is 11.5 Å². The summed E-state index contributed by atoms with van der Waals surface area (Å²) in [5.74, 6) is -2.58. The molecular weight excluding hydrogens is 460 g/mol. The quantitative estimate of drug-likeness (QED) is 0.520. The van der Waals surface area contributed by atoms with Crippen LogP contribution in [0.2, 0.25) is 0 Å². The number of aryl methyl sites for hydroxylation is 1. The predicted molar refractivity (Wildman–Crippen MR) is 125 cm³/mol. The molecule has 10 heteroatoms. The molecule has 3 heterocycles. The number of pyridine rings is 1. The van der Waals surface area contributed by atoms with Crippen LogP contribution in [0.25, 0.3) is 0 Å². The van der Waals surface area contributed by atoms with Gasteiger partial charge in [0.15, 0.2) is 28.9 Å². The largest absolute Gasteiger partial charge is 0.493 e. The molecule has 1 fully saturated rings. The maximum Gasteiger partial charge on any atom is 0.329 e. The lowest BCUT2D eigenvalue weighted by Gasteiger charge is -2.42. The molecule has 8 nitrogen and oxygen atoms in total. The predicted octanol–water partition coefficient (Wildman–Crippen LogP) is 4.19. The minimum atomic E-state index is -0.998. The molecule has 186 valence electrons. The number of amides is 2. The van der Waals surface area contributed by atoms with Crippen molar-refractivity contribution in [2.45, 2.75) is 38.3 Å². The third-order valence-electron chi connectivity index (χ3n) is 6.28. The highest BCUT2D eigenvalue weighted by Crippen LogP contribution is 2.42. The number of ether oxygens (including phenoxy) is 3. The van der Waals surface area contributed by atoms with Crippen LogP contribution < -0.4 is 19.3 Å². The molecule has 4 rings (SSSR count). The van der Waals surface area contributed by atoms with Gasteiger partial charge >= 0.3 is 6.03 Å². The summed E-state index contributed by atoms with van der Waals surface area (Å²) in [6.07, 6.45) is 4.61. The molecule has 2 aliphatic rings. The van der Waals surface area contributed by atoms with Gasteiger partial charge in [-0.1, -0.05) is 6.58 Å². The highest BCUT2D eigenvalue weighted by Gasteiger charge is 2.40. The lowest BCUT2D eigenvalue weighted by molar-refractivity contribution is -0.114. The van der Waals surface area contributed by atoms with Crippen LogP contribution >= 0.6 is 0 Å². The van der Waals surface area contributed by atoms with Crippen LogP contribution in [0.4, 0.5) is 25.0 Å². The Labute approximate surface area is 202 Å². The van der Waals surface area contributed by atoms with E-state index in [0.717, 1.165) is 11.0 Å². The molecule has 0 bridgehead atoms. The lowest BCUT2D eigenvalue weighted by Crippen LogP contribution is -2.53. The second kappa shape index (κ2) is 10.4. The summed E-state index contributed by atoms with van der Waals surface area (Å²) in [5, 5.41) is 0. The summed E-state index contributed by atoms with van der Waals surface area (Å²) in [5.41, 5.74) is 1.33. The summed E-state index contributed by atoms with van der Waals surface area (Å²) in [6.45, 7) is 4.31. The third-order valence-corrected chi connectivity index (χ3v) is 6.28. The number of fused-ring (bicyclic) bond motifs is 1. The number of nitrogens with zero attached hydrogens (tertiary/aromatic N) is 3. The number of urea groups is 1. The molecule has 35 heavy (non-hydrogen) atoms. The van der Waals surface area contributed by atoms with Gasteiger partial charge in [-0.25, -0.2) is 13.6 Å². The van der Waals surface area contributed by atoms with E-state index in [2.05, 4.69) is 11.6 Å². The molecule has 1 aromatic carbocycles. The van der Waals surface area contributed by atoms with Gasteiger partial charge in [0.1, 0.15) is 5.69 Å². The van der Waals surface area contributed by atoms with Crippen LogP contribution in [0.3, 0.4) is 0 Å². The van der Waals surface area contributed by atoms with Crippen LogP contribution in [0, 0.1) is 11.6 Å². The Hall–Kier alpha value is -3.53. The smallest absolute Gasteiger partial charge is 0.329 e. The first kappa shape index (κ1) is 24.6. The highest BCUT2D eigenvalue weighted by molar-refractivity contribution is 6.07. The first-order valence-corrected chi connectivity index (χ1v) is 11.3. The standard InChI is InChI=1S/C25H27F2N3O5/c1-4-18(31)6-5-16-11-19-15(13-28-16)14-29(25(32)30(19)17-7-9-35-10-8-17)24-22(26)20(33-2)12-21(34-3)23(24)27/h4,11-13,17H,1,5-10,14H2,2-3H3. The zero-order valence-corrected chi connectivity index (χ0v) is 19.7. The van der Waals surface area contributed by atoms with Crippen LogP contribution in [0.5, 0.6) is 11.5 Å². The van der Waals surface area contributed by atoms with E-state index in [1.54, 1.807) is 17.2 Å². The molecule has 2 aliphatic heterocycles. The summed E-state index contributed by atoms with van der Waals surface area (Å²) in [6, 6.07) is 2.07. The van der Waals surface area contributed by atoms with Gasteiger partial charge in [-0.2, -0.15) is 0 Å². The Morgan fingerprint density at radius 1 is 1.20 bits per heavy atom. The summed E-state index contributed by atoms with van der Waals surface area (Å²) < 4.78 is 46.2. The summed E-state index contributed by atoms with van der Waals surface area (Å²) in [4.78, 5) is 32.6. The van der Waals surface area contributed by atoms with Gasteiger partial charge in [-0.15, -0.1) is 0 Å². The molecule has 2 amide bonds. The van der Waals surface area contributed by atoms with E-state index in [0.29, 0.717) is 49.4 Å². The number of anilines is 2. The normalized spacial score (nSPS) is 16.2. The van der Waals surface area contributed by atoms with E-state index >= 15 is 8.78 Å². The van der Waals surface area contributed by atoms with Crippen molar-refractivity contribution in [1.82, 2.24) is 4.98 Å². The van der Waals surface area contributed by atoms with E-state index < -0.39 is 23.4 Å². The second-order valence-electron chi connectivity index (χ2n) is 8.31. The SMILES string of the molecule is C=CC(=O)CCc1cc2c(cn1)CN(c1c(F)c(OC)cc(OC)c1F)C(=O)N2C1CCOCC1. The molecular formula is C25H27F2N3O5. The zero-order valence-electron chi connectivity index (χ0n) is 19.7. The zero-order chi connectivity index (χ0) is 25.1. The van der Waals surface area contributed by atoms with Crippen LogP contribution in [-0.4, -0.2) is 50.3 Å². The van der Waals surface area contributed by atoms with Gasteiger partial charge in [0.2, 0.25) is 0 Å². The molecule has 0 radical (unpaired) electrons. The van der Waals surface area contributed by atoms with Gasteiger partial charge in [0, 0.05) is 49.2 Å². The number of carbonyl (C=O) groups is 2. The van der Waals surface area contributed by atoms with Gasteiger partial charge in [-0.3, -0.25) is 19.6 Å². The van der Waals surface area contributed by atoms with Crippen molar-refractivity contribution in [1.29, 1.82) is 0 Å². The van der Waals surface area contributed by atoms with Crippen molar-refractivity contribution in [3.05, 3.63) is 53.9 Å². The number of halogens is 2. The van der Waals surface area contributed by atoms with Crippen molar-refractivity contribution in [3.63, 3.8) is 0 Å². The van der Waals surface area contributed by atoms with Crippen molar-refractivity contribution >= 4 is 23.2 Å². The van der Waals surface area contributed by atoms with Crippen molar-refractivity contribution < 1.29 is 32.6 Å². The first-order valence-electron chi connectivity index (χ1n) is 11.3. The van der Waals surface area contributed by atoms with E-state index in [-0.39, 0.29) is 36.3 Å². The van der Waals surface area contributed by atoms with Crippen molar-refractivity contribution in [2.24, 2.45) is 0 Å². The molecule has 0 saturated carbocycles. The maximum atomic E-state index is 15.3.